The number of ether oxygens (including phenoxy) is 2. The van der Waals surface area contributed by atoms with Gasteiger partial charge in [0.1, 0.15) is 22.9 Å². The summed E-state index contributed by atoms with van der Waals surface area (Å²) in [7, 11) is 3.02. The molecule has 4 rings (SSSR count). The summed E-state index contributed by atoms with van der Waals surface area (Å²) in [6.07, 6.45) is 4.71. The van der Waals surface area contributed by atoms with Gasteiger partial charge in [-0.3, -0.25) is 19.7 Å². The molecule has 1 saturated heterocycles. The molecule has 1 aliphatic heterocycles. The van der Waals surface area contributed by atoms with Crippen molar-refractivity contribution in [3.8, 4) is 22.8 Å². The van der Waals surface area contributed by atoms with Crippen molar-refractivity contribution in [1.82, 2.24) is 20.1 Å². The second-order valence-corrected chi connectivity index (χ2v) is 8.08. The SMILES string of the molecule is COc1cc(Cl)c(NC(=O)C2CCCN(C(=O)c3cc(-c4ccncc4)n[nH]3)C2)c(OC)c1. The molecule has 2 N–H and O–H groups in total. The number of hydrogen-bond donors (Lipinski definition) is 2. The van der Waals surface area contributed by atoms with Crippen LogP contribution >= 0.6 is 11.6 Å². The van der Waals surface area contributed by atoms with Crippen LogP contribution in [-0.4, -0.2) is 59.2 Å². The minimum absolute atomic E-state index is 0.194. The third-order valence-electron chi connectivity index (χ3n) is 5.60. The highest BCUT2D eigenvalue weighted by Gasteiger charge is 2.30. The van der Waals surface area contributed by atoms with Gasteiger partial charge in [-0.1, -0.05) is 11.6 Å². The molecule has 0 bridgehead atoms. The van der Waals surface area contributed by atoms with Crippen LogP contribution in [0.3, 0.4) is 0 Å². The number of aromatic amines is 1. The first-order valence-corrected chi connectivity index (χ1v) is 10.9. The van der Waals surface area contributed by atoms with E-state index in [2.05, 4.69) is 20.5 Å². The number of hydrogen-bond acceptors (Lipinski definition) is 6. The van der Waals surface area contributed by atoms with Crippen molar-refractivity contribution in [2.45, 2.75) is 12.8 Å². The van der Waals surface area contributed by atoms with Crippen molar-refractivity contribution >= 4 is 29.1 Å². The topological polar surface area (TPSA) is 109 Å². The zero-order valence-electron chi connectivity index (χ0n) is 18.3. The third kappa shape index (κ3) is 4.93. The molecule has 1 unspecified atom stereocenters. The number of H-pyrrole nitrogens is 1. The van der Waals surface area contributed by atoms with Crippen LogP contribution in [0, 0.1) is 5.92 Å². The molecule has 172 valence electrons. The van der Waals surface area contributed by atoms with Gasteiger partial charge in [-0.25, -0.2) is 0 Å². The third-order valence-corrected chi connectivity index (χ3v) is 5.89. The lowest BCUT2D eigenvalue weighted by molar-refractivity contribution is -0.121. The highest BCUT2D eigenvalue weighted by atomic mass is 35.5. The first-order valence-electron chi connectivity index (χ1n) is 10.5. The Kier molecular flexibility index (Phi) is 6.79. The molecule has 1 atom stereocenters. The number of methoxy groups -OCH3 is 2. The van der Waals surface area contributed by atoms with Crippen LogP contribution in [0.25, 0.3) is 11.3 Å². The van der Waals surface area contributed by atoms with E-state index in [0.717, 1.165) is 5.56 Å². The number of nitrogens with zero attached hydrogens (tertiary/aromatic N) is 3. The standard InChI is InChI=1S/C23H24ClN5O4/c1-32-16-10-17(24)21(20(11-16)33-2)26-22(30)15-4-3-9-29(13-15)23(31)19-12-18(27-28-19)14-5-7-25-8-6-14/h5-8,10-12,15H,3-4,9,13H2,1-2H3,(H,26,30)(H,27,28). The maximum absolute atomic E-state index is 13.1. The minimum Gasteiger partial charge on any atom is -0.497 e. The van der Waals surface area contributed by atoms with E-state index in [9.17, 15) is 9.59 Å². The molecule has 1 aromatic carbocycles. The number of benzene rings is 1. The van der Waals surface area contributed by atoms with E-state index in [0.29, 0.717) is 59.5 Å². The van der Waals surface area contributed by atoms with E-state index in [1.54, 1.807) is 35.5 Å². The molecular formula is C23H24ClN5O4. The average Bonchev–Trinajstić information content (AvgIpc) is 3.35. The Morgan fingerprint density at radius 2 is 1.97 bits per heavy atom. The molecule has 2 amide bonds. The van der Waals surface area contributed by atoms with Crippen molar-refractivity contribution in [1.29, 1.82) is 0 Å². The predicted octanol–water partition coefficient (Wildman–Crippen LogP) is 3.63. The second-order valence-electron chi connectivity index (χ2n) is 7.67. The Balaban J connectivity index is 1.45. The van der Waals surface area contributed by atoms with Gasteiger partial charge in [0.05, 0.1) is 30.9 Å². The molecule has 0 radical (unpaired) electrons. The van der Waals surface area contributed by atoms with Crippen LogP contribution in [0.2, 0.25) is 5.02 Å². The number of anilines is 1. The molecule has 1 fully saturated rings. The van der Waals surface area contributed by atoms with Crippen molar-refractivity contribution in [3.05, 3.63) is 53.4 Å². The van der Waals surface area contributed by atoms with Crippen molar-refractivity contribution in [3.63, 3.8) is 0 Å². The second kappa shape index (κ2) is 9.91. The van der Waals surface area contributed by atoms with Crippen LogP contribution < -0.4 is 14.8 Å². The molecule has 2 aromatic heterocycles. The lowest BCUT2D eigenvalue weighted by Crippen LogP contribution is -2.44. The maximum atomic E-state index is 13.1. The van der Waals surface area contributed by atoms with E-state index in [4.69, 9.17) is 21.1 Å². The number of aromatic nitrogens is 3. The fraction of sp³-hybridized carbons (Fsp3) is 0.304. The van der Waals surface area contributed by atoms with Crippen molar-refractivity contribution < 1.29 is 19.1 Å². The fourth-order valence-corrected chi connectivity index (χ4v) is 4.08. The van der Waals surface area contributed by atoms with Crippen LogP contribution in [0.4, 0.5) is 5.69 Å². The van der Waals surface area contributed by atoms with E-state index in [-0.39, 0.29) is 17.7 Å². The van der Waals surface area contributed by atoms with Gasteiger partial charge in [-0.15, -0.1) is 0 Å². The Morgan fingerprint density at radius 1 is 1.18 bits per heavy atom. The molecular weight excluding hydrogens is 446 g/mol. The Morgan fingerprint density at radius 3 is 2.70 bits per heavy atom. The molecule has 33 heavy (non-hydrogen) atoms. The van der Waals surface area contributed by atoms with E-state index >= 15 is 0 Å². The number of likely N-dealkylation sites (tertiary alicyclic amines) is 1. The number of pyridine rings is 1. The summed E-state index contributed by atoms with van der Waals surface area (Å²) in [5.41, 5.74) is 2.28. The Bertz CT molecular complexity index is 1150. The monoisotopic (exact) mass is 469 g/mol. The quantitative estimate of drug-likeness (QED) is 0.570. The number of amides is 2. The number of rotatable bonds is 6. The largest absolute Gasteiger partial charge is 0.497 e. The number of nitrogens with one attached hydrogen (secondary N) is 2. The smallest absolute Gasteiger partial charge is 0.271 e. The lowest BCUT2D eigenvalue weighted by Gasteiger charge is -2.31. The normalized spacial score (nSPS) is 15.7. The zero-order valence-corrected chi connectivity index (χ0v) is 19.1. The lowest BCUT2D eigenvalue weighted by atomic mass is 9.96. The van der Waals surface area contributed by atoms with Gasteiger partial charge < -0.3 is 19.7 Å². The number of carbonyl (C=O) groups is 2. The van der Waals surface area contributed by atoms with E-state index in [1.165, 1.54) is 14.2 Å². The predicted molar refractivity (Wildman–Crippen MR) is 124 cm³/mol. The fourth-order valence-electron chi connectivity index (χ4n) is 3.83. The van der Waals surface area contributed by atoms with Gasteiger partial charge in [0.15, 0.2) is 0 Å². The minimum atomic E-state index is -0.381. The van der Waals surface area contributed by atoms with Gasteiger partial charge in [0, 0.05) is 43.2 Å². The average molecular weight is 470 g/mol. The van der Waals surface area contributed by atoms with Crippen LogP contribution in [0.1, 0.15) is 23.3 Å². The van der Waals surface area contributed by atoms with Crippen molar-refractivity contribution in [2.24, 2.45) is 5.92 Å². The molecule has 10 heteroatoms. The molecule has 3 heterocycles. The number of carbonyl (C=O) groups excluding carboxylic acids is 2. The molecule has 0 spiro atoms. The first kappa shape index (κ1) is 22.6. The van der Waals surface area contributed by atoms with Crippen LogP contribution in [0.15, 0.2) is 42.7 Å². The van der Waals surface area contributed by atoms with Gasteiger partial charge in [0.25, 0.3) is 5.91 Å². The summed E-state index contributed by atoms with van der Waals surface area (Å²) in [5, 5.41) is 10.2. The Labute approximate surface area is 196 Å². The maximum Gasteiger partial charge on any atom is 0.271 e. The Hall–Kier alpha value is -3.59. The van der Waals surface area contributed by atoms with Gasteiger partial charge in [-0.05, 0) is 31.0 Å². The summed E-state index contributed by atoms with van der Waals surface area (Å²) < 4.78 is 10.5. The molecule has 0 aliphatic carbocycles. The molecule has 9 nitrogen and oxygen atoms in total. The number of halogens is 1. The van der Waals surface area contributed by atoms with Crippen molar-refractivity contribution in [2.75, 3.05) is 32.6 Å². The van der Waals surface area contributed by atoms with Gasteiger partial charge in [-0.2, -0.15) is 5.10 Å². The van der Waals surface area contributed by atoms with Crippen LogP contribution in [0.5, 0.6) is 11.5 Å². The molecule has 0 saturated carbocycles. The summed E-state index contributed by atoms with van der Waals surface area (Å²) in [6.45, 7) is 0.864. The summed E-state index contributed by atoms with van der Waals surface area (Å²) in [6, 6.07) is 8.61. The highest BCUT2D eigenvalue weighted by molar-refractivity contribution is 6.34. The van der Waals surface area contributed by atoms with Crippen LogP contribution in [-0.2, 0) is 4.79 Å². The highest BCUT2D eigenvalue weighted by Crippen LogP contribution is 2.37. The summed E-state index contributed by atoms with van der Waals surface area (Å²) in [4.78, 5) is 31.7. The molecule has 3 aromatic rings. The number of piperidine rings is 1. The van der Waals surface area contributed by atoms with Gasteiger partial charge in [0.2, 0.25) is 5.91 Å². The van der Waals surface area contributed by atoms with Gasteiger partial charge >= 0.3 is 0 Å². The molecule has 1 aliphatic rings. The first-order chi connectivity index (χ1) is 16.0. The van der Waals surface area contributed by atoms with E-state index < -0.39 is 0 Å². The summed E-state index contributed by atoms with van der Waals surface area (Å²) >= 11 is 6.33. The van der Waals surface area contributed by atoms with E-state index in [1.807, 2.05) is 12.1 Å². The zero-order chi connectivity index (χ0) is 23.4. The summed E-state index contributed by atoms with van der Waals surface area (Å²) in [5.74, 6) is 0.126.